The summed E-state index contributed by atoms with van der Waals surface area (Å²) in [7, 11) is 0. The number of nitrogen functional groups attached to an aromatic ring is 1. The second-order valence-electron chi connectivity index (χ2n) is 2.87. The Hall–Kier alpha value is -1.12. The molecule has 1 heterocycles. The maximum atomic E-state index is 5.21. The monoisotopic (exact) mass is 153 g/mol. The first-order valence-corrected chi connectivity index (χ1v) is 3.64. The molecule has 0 aliphatic carbocycles. The molecule has 1 aromatic heterocycles. The van der Waals surface area contributed by atoms with Gasteiger partial charge in [-0.2, -0.15) is 0 Å². The minimum Gasteiger partial charge on any atom is -0.384 e. The second-order valence-corrected chi connectivity index (χ2v) is 2.87. The molecule has 0 bridgehead atoms. The Labute approximate surface area is 67.7 Å². The van der Waals surface area contributed by atoms with Gasteiger partial charge < -0.3 is 5.73 Å². The van der Waals surface area contributed by atoms with Crippen molar-refractivity contribution >= 4 is 5.82 Å². The van der Waals surface area contributed by atoms with Crippen LogP contribution in [0.25, 0.3) is 0 Å². The number of hydrogen-bond donors (Lipinski definition) is 1. The summed E-state index contributed by atoms with van der Waals surface area (Å²) in [6, 6.07) is 1.64. The lowest BCUT2D eigenvalue weighted by molar-refractivity contribution is 0.737. The summed E-state index contributed by atoms with van der Waals surface area (Å²) < 4.78 is 0. The fourth-order valence-electron chi connectivity index (χ4n) is 0.301. The molecule has 3 heteroatoms. The van der Waals surface area contributed by atoms with E-state index in [1.54, 1.807) is 12.3 Å². The van der Waals surface area contributed by atoms with E-state index in [-0.39, 0.29) is 0 Å². The van der Waals surface area contributed by atoms with E-state index >= 15 is 0 Å². The predicted molar refractivity (Wildman–Crippen MR) is 47.0 cm³/mol. The van der Waals surface area contributed by atoms with E-state index in [9.17, 15) is 0 Å². The van der Waals surface area contributed by atoms with Crippen LogP contribution in [-0.4, -0.2) is 9.97 Å². The van der Waals surface area contributed by atoms with Crippen LogP contribution in [0.5, 0.6) is 0 Å². The SMILES string of the molecule is CC(C)C.Nc1ccncn1. The molecule has 0 aromatic carbocycles. The highest BCUT2D eigenvalue weighted by Gasteiger charge is 1.74. The summed E-state index contributed by atoms with van der Waals surface area (Å²) in [5.74, 6) is 1.34. The van der Waals surface area contributed by atoms with E-state index in [0.717, 1.165) is 5.92 Å². The maximum Gasteiger partial charge on any atom is 0.126 e. The Morgan fingerprint density at radius 2 is 1.91 bits per heavy atom. The molecular formula is C8H15N3. The van der Waals surface area contributed by atoms with Crippen molar-refractivity contribution in [3.05, 3.63) is 18.6 Å². The normalized spacial score (nSPS) is 8.73. The third-order valence-electron chi connectivity index (χ3n) is 0.605. The molecular weight excluding hydrogens is 138 g/mol. The highest BCUT2D eigenvalue weighted by Crippen LogP contribution is 1.85. The number of aromatic nitrogens is 2. The Balaban J connectivity index is 0.000000218. The van der Waals surface area contributed by atoms with Crippen molar-refractivity contribution in [2.24, 2.45) is 5.92 Å². The van der Waals surface area contributed by atoms with E-state index in [2.05, 4.69) is 30.7 Å². The van der Waals surface area contributed by atoms with Crippen LogP contribution < -0.4 is 5.73 Å². The first-order chi connectivity index (χ1) is 5.13. The third-order valence-corrected chi connectivity index (χ3v) is 0.605. The van der Waals surface area contributed by atoms with E-state index < -0.39 is 0 Å². The van der Waals surface area contributed by atoms with Gasteiger partial charge in [0, 0.05) is 6.20 Å². The Morgan fingerprint density at radius 1 is 1.36 bits per heavy atom. The summed E-state index contributed by atoms with van der Waals surface area (Å²) >= 11 is 0. The van der Waals surface area contributed by atoms with Crippen LogP contribution in [0.4, 0.5) is 5.82 Å². The summed E-state index contributed by atoms with van der Waals surface area (Å²) in [5.41, 5.74) is 5.21. The molecule has 1 rings (SSSR count). The zero-order valence-corrected chi connectivity index (χ0v) is 7.28. The largest absolute Gasteiger partial charge is 0.384 e. The van der Waals surface area contributed by atoms with Crippen molar-refractivity contribution in [1.82, 2.24) is 9.97 Å². The van der Waals surface area contributed by atoms with E-state index in [0.29, 0.717) is 5.82 Å². The van der Waals surface area contributed by atoms with Gasteiger partial charge in [0.1, 0.15) is 12.1 Å². The second kappa shape index (κ2) is 5.65. The molecule has 0 atom stereocenters. The topological polar surface area (TPSA) is 51.8 Å². The number of rotatable bonds is 0. The van der Waals surface area contributed by atoms with Gasteiger partial charge in [-0.1, -0.05) is 20.8 Å². The highest BCUT2D eigenvalue weighted by atomic mass is 14.9. The minimum atomic E-state index is 0.509. The van der Waals surface area contributed by atoms with Gasteiger partial charge in [0.2, 0.25) is 0 Å². The van der Waals surface area contributed by atoms with E-state index in [4.69, 9.17) is 5.73 Å². The molecule has 0 aliphatic heterocycles. The summed E-state index contributed by atoms with van der Waals surface area (Å²) in [5, 5.41) is 0. The summed E-state index contributed by atoms with van der Waals surface area (Å²) in [6.07, 6.45) is 3.01. The van der Waals surface area contributed by atoms with Crippen molar-refractivity contribution in [3.8, 4) is 0 Å². The van der Waals surface area contributed by atoms with Crippen molar-refractivity contribution in [2.45, 2.75) is 20.8 Å². The molecule has 2 N–H and O–H groups in total. The number of nitrogens with two attached hydrogens (primary N) is 1. The first-order valence-electron chi connectivity index (χ1n) is 3.64. The summed E-state index contributed by atoms with van der Waals surface area (Å²) in [6.45, 7) is 6.50. The van der Waals surface area contributed by atoms with Crippen LogP contribution in [0.1, 0.15) is 20.8 Å². The van der Waals surface area contributed by atoms with Crippen molar-refractivity contribution < 1.29 is 0 Å². The molecule has 11 heavy (non-hydrogen) atoms. The van der Waals surface area contributed by atoms with Crippen LogP contribution in [0.15, 0.2) is 18.6 Å². The molecule has 0 spiro atoms. The van der Waals surface area contributed by atoms with Gasteiger partial charge in [0.25, 0.3) is 0 Å². The zero-order valence-electron chi connectivity index (χ0n) is 7.28. The van der Waals surface area contributed by atoms with Gasteiger partial charge in [-0.3, -0.25) is 0 Å². The van der Waals surface area contributed by atoms with Crippen LogP contribution in [-0.2, 0) is 0 Å². The van der Waals surface area contributed by atoms with Gasteiger partial charge in [-0.05, 0) is 12.0 Å². The standard InChI is InChI=1S/C4H5N3.C4H10/c5-4-1-2-6-3-7-4;1-4(2)3/h1-3H,(H2,5,6,7);4H,1-3H3. The fraction of sp³-hybridized carbons (Fsp3) is 0.500. The average molecular weight is 153 g/mol. The molecule has 62 valence electrons. The lowest BCUT2D eigenvalue weighted by Crippen LogP contribution is -1.87. The molecule has 1 aromatic rings. The molecule has 0 radical (unpaired) electrons. The van der Waals surface area contributed by atoms with E-state index in [1.807, 2.05) is 0 Å². The van der Waals surface area contributed by atoms with Gasteiger partial charge >= 0.3 is 0 Å². The highest BCUT2D eigenvalue weighted by molar-refractivity contribution is 5.22. The molecule has 0 aliphatic rings. The predicted octanol–water partition coefficient (Wildman–Crippen LogP) is 1.72. The van der Waals surface area contributed by atoms with Crippen LogP contribution in [0, 0.1) is 5.92 Å². The van der Waals surface area contributed by atoms with Gasteiger partial charge in [0.05, 0.1) is 0 Å². The van der Waals surface area contributed by atoms with Crippen molar-refractivity contribution in [1.29, 1.82) is 0 Å². The third kappa shape index (κ3) is 8.88. The van der Waals surface area contributed by atoms with Crippen LogP contribution in [0.3, 0.4) is 0 Å². The Bertz CT molecular complexity index is 169. The zero-order chi connectivity index (χ0) is 8.69. The molecule has 0 amide bonds. The average Bonchev–Trinajstić information content (AvgIpc) is 1.87. The number of anilines is 1. The van der Waals surface area contributed by atoms with E-state index in [1.165, 1.54) is 6.33 Å². The Morgan fingerprint density at radius 3 is 2.09 bits per heavy atom. The molecule has 0 saturated carbocycles. The van der Waals surface area contributed by atoms with Crippen LogP contribution in [0.2, 0.25) is 0 Å². The fourth-order valence-corrected chi connectivity index (χ4v) is 0.301. The van der Waals surface area contributed by atoms with Crippen LogP contribution >= 0.6 is 0 Å². The molecule has 0 saturated heterocycles. The minimum absolute atomic E-state index is 0.509. The van der Waals surface area contributed by atoms with Gasteiger partial charge in [0.15, 0.2) is 0 Å². The van der Waals surface area contributed by atoms with Gasteiger partial charge in [-0.15, -0.1) is 0 Å². The van der Waals surface area contributed by atoms with Crippen molar-refractivity contribution in [2.75, 3.05) is 5.73 Å². The smallest absolute Gasteiger partial charge is 0.126 e. The first kappa shape index (κ1) is 9.88. The lowest BCUT2D eigenvalue weighted by atomic mass is 10.3. The number of hydrogen-bond acceptors (Lipinski definition) is 3. The molecule has 0 unspecified atom stereocenters. The van der Waals surface area contributed by atoms with Gasteiger partial charge in [-0.25, -0.2) is 9.97 Å². The number of nitrogens with zero attached hydrogens (tertiary/aromatic N) is 2. The molecule has 0 fully saturated rings. The quantitative estimate of drug-likeness (QED) is 0.617. The lowest BCUT2D eigenvalue weighted by Gasteiger charge is -1.82. The molecule has 3 nitrogen and oxygen atoms in total. The summed E-state index contributed by atoms with van der Waals surface area (Å²) in [4.78, 5) is 7.30. The maximum absolute atomic E-state index is 5.21. The Kier molecular flexibility index (Phi) is 5.07. The van der Waals surface area contributed by atoms with Crippen molar-refractivity contribution in [3.63, 3.8) is 0 Å².